The molecule has 4 heteroatoms. The molecule has 1 aromatic carbocycles. The van der Waals surface area contributed by atoms with Crippen LogP contribution in [0.1, 0.15) is 29.4 Å². The van der Waals surface area contributed by atoms with Crippen LogP contribution in [0.4, 0.5) is 0 Å². The normalized spacial score (nSPS) is 10.9. The van der Waals surface area contributed by atoms with Gasteiger partial charge in [-0.3, -0.25) is 0 Å². The highest BCUT2D eigenvalue weighted by molar-refractivity contribution is 5.89. The number of fused-ring (bicyclic) bond motifs is 1. The number of aryl methyl sites for hydroxylation is 1. The number of hydrogen-bond donors (Lipinski definition) is 1. The van der Waals surface area contributed by atoms with Gasteiger partial charge in [0.2, 0.25) is 0 Å². The first-order chi connectivity index (χ1) is 10.2. The minimum Gasteiger partial charge on any atom is -0.478 e. The van der Waals surface area contributed by atoms with Gasteiger partial charge in [0.1, 0.15) is 11.3 Å². The van der Waals surface area contributed by atoms with Crippen molar-refractivity contribution < 1.29 is 14.3 Å². The van der Waals surface area contributed by atoms with E-state index in [4.69, 9.17) is 4.42 Å². The predicted molar refractivity (Wildman–Crippen MR) is 80.4 cm³/mol. The number of carboxylic acid groups (broad SMARTS) is 1. The maximum atomic E-state index is 11.2. The molecule has 0 spiro atoms. The van der Waals surface area contributed by atoms with Crippen molar-refractivity contribution in [3.8, 4) is 11.5 Å². The van der Waals surface area contributed by atoms with E-state index < -0.39 is 5.97 Å². The molecule has 0 fully saturated rings. The van der Waals surface area contributed by atoms with Gasteiger partial charge in [-0.05, 0) is 30.7 Å². The highest BCUT2D eigenvalue weighted by Crippen LogP contribution is 2.27. The number of nitrogens with zero attached hydrogens (tertiary/aromatic N) is 1. The number of para-hydroxylation sites is 1. The SMILES string of the molecule is CCCc1nc(-c2cc3ccccc3o2)ccc1C(=O)O. The lowest BCUT2D eigenvalue weighted by atomic mass is 10.1. The molecule has 21 heavy (non-hydrogen) atoms. The number of furan rings is 1. The fourth-order valence-electron chi connectivity index (χ4n) is 2.37. The summed E-state index contributed by atoms with van der Waals surface area (Å²) in [5.74, 6) is -0.285. The van der Waals surface area contributed by atoms with Crippen molar-refractivity contribution in [2.24, 2.45) is 0 Å². The molecule has 3 rings (SSSR count). The number of carbonyl (C=O) groups is 1. The lowest BCUT2D eigenvalue weighted by Gasteiger charge is -2.05. The Morgan fingerprint density at radius 3 is 2.76 bits per heavy atom. The van der Waals surface area contributed by atoms with Crippen LogP contribution in [0.5, 0.6) is 0 Å². The number of rotatable bonds is 4. The molecule has 106 valence electrons. The van der Waals surface area contributed by atoms with Crippen LogP contribution in [-0.4, -0.2) is 16.1 Å². The third-order valence-electron chi connectivity index (χ3n) is 3.37. The summed E-state index contributed by atoms with van der Waals surface area (Å²) in [5.41, 5.74) is 2.33. The predicted octanol–water partition coefficient (Wildman–Crippen LogP) is 4.15. The first kappa shape index (κ1) is 13.4. The van der Waals surface area contributed by atoms with E-state index in [2.05, 4.69) is 4.98 Å². The Morgan fingerprint density at radius 2 is 2.05 bits per heavy atom. The molecule has 1 N–H and O–H groups in total. The summed E-state index contributed by atoms with van der Waals surface area (Å²) in [6, 6.07) is 13.0. The van der Waals surface area contributed by atoms with E-state index in [-0.39, 0.29) is 5.56 Å². The molecule has 0 bridgehead atoms. The van der Waals surface area contributed by atoms with Gasteiger partial charge in [0.25, 0.3) is 0 Å². The molecular weight excluding hydrogens is 266 g/mol. The minimum atomic E-state index is -0.942. The molecule has 0 radical (unpaired) electrons. The van der Waals surface area contributed by atoms with Gasteiger partial charge in [-0.1, -0.05) is 31.5 Å². The minimum absolute atomic E-state index is 0.261. The molecule has 0 atom stereocenters. The second-order valence-electron chi connectivity index (χ2n) is 4.89. The smallest absolute Gasteiger partial charge is 0.337 e. The van der Waals surface area contributed by atoms with Crippen LogP contribution in [-0.2, 0) is 6.42 Å². The fraction of sp³-hybridized carbons (Fsp3) is 0.176. The third kappa shape index (κ3) is 2.52. The Kier molecular flexibility index (Phi) is 3.44. The molecule has 2 heterocycles. The number of aromatic carboxylic acids is 1. The van der Waals surface area contributed by atoms with Crippen molar-refractivity contribution in [1.29, 1.82) is 0 Å². The summed E-state index contributed by atoms with van der Waals surface area (Å²) in [5, 5.41) is 10.2. The van der Waals surface area contributed by atoms with Crippen LogP contribution in [0.15, 0.2) is 46.9 Å². The molecule has 0 saturated carbocycles. The van der Waals surface area contributed by atoms with E-state index in [0.717, 1.165) is 17.4 Å². The Morgan fingerprint density at radius 1 is 1.24 bits per heavy atom. The Balaban J connectivity index is 2.09. The zero-order chi connectivity index (χ0) is 14.8. The second-order valence-corrected chi connectivity index (χ2v) is 4.89. The highest BCUT2D eigenvalue weighted by Gasteiger charge is 2.14. The van der Waals surface area contributed by atoms with Crippen LogP contribution in [0.3, 0.4) is 0 Å². The van der Waals surface area contributed by atoms with Crippen LogP contribution >= 0.6 is 0 Å². The number of hydrogen-bond acceptors (Lipinski definition) is 3. The van der Waals surface area contributed by atoms with E-state index >= 15 is 0 Å². The molecular formula is C17H15NO3. The lowest BCUT2D eigenvalue weighted by molar-refractivity contribution is 0.0695. The molecule has 0 amide bonds. The van der Waals surface area contributed by atoms with Crippen LogP contribution in [0, 0.1) is 0 Å². The van der Waals surface area contributed by atoms with Gasteiger partial charge in [0, 0.05) is 5.39 Å². The van der Waals surface area contributed by atoms with Gasteiger partial charge in [-0.25, -0.2) is 9.78 Å². The van der Waals surface area contributed by atoms with Gasteiger partial charge in [0.05, 0.1) is 11.3 Å². The van der Waals surface area contributed by atoms with Crippen molar-refractivity contribution in [2.75, 3.05) is 0 Å². The van der Waals surface area contributed by atoms with Gasteiger partial charge >= 0.3 is 5.97 Å². The molecule has 0 unspecified atom stereocenters. The molecule has 0 saturated heterocycles. The van der Waals surface area contributed by atoms with Crippen LogP contribution < -0.4 is 0 Å². The van der Waals surface area contributed by atoms with Crippen molar-refractivity contribution in [2.45, 2.75) is 19.8 Å². The first-order valence-electron chi connectivity index (χ1n) is 6.91. The summed E-state index contributed by atoms with van der Waals surface area (Å²) >= 11 is 0. The van der Waals surface area contributed by atoms with E-state index in [0.29, 0.717) is 23.6 Å². The van der Waals surface area contributed by atoms with Gasteiger partial charge in [-0.15, -0.1) is 0 Å². The van der Waals surface area contributed by atoms with E-state index in [9.17, 15) is 9.90 Å². The maximum absolute atomic E-state index is 11.2. The topological polar surface area (TPSA) is 63.3 Å². The number of pyridine rings is 1. The van der Waals surface area contributed by atoms with Gasteiger partial charge in [-0.2, -0.15) is 0 Å². The molecule has 0 aliphatic carbocycles. The van der Waals surface area contributed by atoms with Crippen LogP contribution in [0.25, 0.3) is 22.4 Å². The Labute approximate surface area is 122 Å². The standard InChI is InChI=1S/C17H15NO3/c1-2-5-13-12(17(19)20)8-9-14(18-13)16-10-11-6-3-4-7-15(11)21-16/h3-4,6-10H,2,5H2,1H3,(H,19,20). The highest BCUT2D eigenvalue weighted by atomic mass is 16.4. The van der Waals surface area contributed by atoms with E-state index in [1.807, 2.05) is 37.3 Å². The molecule has 2 aromatic heterocycles. The fourth-order valence-corrected chi connectivity index (χ4v) is 2.37. The quantitative estimate of drug-likeness (QED) is 0.780. The number of aromatic nitrogens is 1. The second kappa shape index (κ2) is 5.40. The number of benzene rings is 1. The van der Waals surface area contributed by atoms with Crippen molar-refractivity contribution >= 4 is 16.9 Å². The van der Waals surface area contributed by atoms with Crippen molar-refractivity contribution in [3.63, 3.8) is 0 Å². The summed E-state index contributed by atoms with van der Waals surface area (Å²) in [6.45, 7) is 2.00. The Bertz CT molecular complexity index is 772. The zero-order valence-corrected chi connectivity index (χ0v) is 11.7. The summed E-state index contributed by atoms with van der Waals surface area (Å²) in [7, 11) is 0. The summed E-state index contributed by atoms with van der Waals surface area (Å²) in [4.78, 5) is 15.7. The van der Waals surface area contributed by atoms with E-state index in [1.165, 1.54) is 0 Å². The van der Waals surface area contributed by atoms with Gasteiger partial charge < -0.3 is 9.52 Å². The summed E-state index contributed by atoms with van der Waals surface area (Å²) < 4.78 is 5.78. The molecule has 4 nitrogen and oxygen atoms in total. The van der Waals surface area contributed by atoms with Crippen LogP contribution in [0.2, 0.25) is 0 Å². The third-order valence-corrected chi connectivity index (χ3v) is 3.37. The largest absolute Gasteiger partial charge is 0.478 e. The maximum Gasteiger partial charge on any atom is 0.337 e. The summed E-state index contributed by atoms with van der Waals surface area (Å²) in [6.07, 6.45) is 1.48. The molecule has 0 aliphatic rings. The molecule has 3 aromatic rings. The first-order valence-corrected chi connectivity index (χ1v) is 6.91. The van der Waals surface area contributed by atoms with Gasteiger partial charge in [0.15, 0.2) is 5.76 Å². The Hall–Kier alpha value is -2.62. The van der Waals surface area contributed by atoms with E-state index in [1.54, 1.807) is 12.1 Å². The molecule has 0 aliphatic heterocycles. The zero-order valence-electron chi connectivity index (χ0n) is 11.7. The van der Waals surface area contributed by atoms with Crippen molar-refractivity contribution in [1.82, 2.24) is 4.98 Å². The number of carboxylic acids is 1. The monoisotopic (exact) mass is 281 g/mol. The lowest BCUT2D eigenvalue weighted by Crippen LogP contribution is -2.05. The average molecular weight is 281 g/mol. The average Bonchev–Trinajstić information content (AvgIpc) is 2.91. The van der Waals surface area contributed by atoms with Crippen molar-refractivity contribution in [3.05, 3.63) is 53.7 Å².